The van der Waals surface area contributed by atoms with Gasteiger partial charge in [-0.05, 0) is 30.5 Å². The first-order valence-electron chi connectivity index (χ1n) is 6.98. The lowest BCUT2D eigenvalue weighted by molar-refractivity contribution is -0.124. The van der Waals surface area contributed by atoms with E-state index in [0.29, 0.717) is 6.04 Å². The number of benzene rings is 1. The highest BCUT2D eigenvalue weighted by molar-refractivity contribution is 5.82. The number of piperidine rings is 1. The predicted molar refractivity (Wildman–Crippen MR) is 72.3 cm³/mol. The van der Waals surface area contributed by atoms with Crippen LogP contribution < -0.4 is 5.32 Å². The molecule has 1 aromatic carbocycles. The lowest BCUT2D eigenvalue weighted by atomic mass is 9.91. The molecule has 19 heavy (non-hydrogen) atoms. The monoisotopic (exact) mass is 260 g/mol. The average Bonchev–Trinajstić information content (AvgIpc) is 2.83. The van der Waals surface area contributed by atoms with E-state index in [2.05, 4.69) is 22.3 Å². The van der Waals surface area contributed by atoms with E-state index in [1.165, 1.54) is 5.56 Å². The summed E-state index contributed by atoms with van der Waals surface area (Å²) >= 11 is 0. The zero-order chi connectivity index (χ0) is 13.2. The molecule has 2 aliphatic rings. The third kappa shape index (κ3) is 2.51. The van der Waals surface area contributed by atoms with E-state index in [0.717, 1.165) is 38.0 Å². The number of aliphatic hydroxyl groups excluding tert-OH is 1. The van der Waals surface area contributed by atoms with Crippen molar-refractivity contribution in [2.24, 2.45) is 5.92 Å². The highest BCUT2D eigenvalue weighted by Gasteiger charge is 2.40. The van der Waals surface area contributed by atoms with Gasteiger partial charge in [0, 0.05) is 19.1 Å². The van der Waals surface area contributed by atoms with Gasteiger partial charge in [-0.15, -0.1) is 0 Å². The molecule has 0 bridgehead atoms. The second-order valence-electron chi connectivity index (χ2n) is 5.51. The molecule has 1 amide bonds. The lowest BCUT2D eigenvalue weighted by Gasteiger charge is -2.35. The summed E-state index contributed by atoms with van der Waals surface area (Å²) < 4.78 is 0. The Morgan fingerprint density at radius 2 is 2.00 bits per heavy atom. The van der Waals surface area contributed by atoms with Crippen LogP contribution in [0.25, 0.3) is 0 Å². The van der Waals surface area contributed by atoms with Gasteiger partial charge in [0.15, 0.2) is 0 Å². The van der Waals surface area contributed by atoms with Crippen molar-refractivity contribution in [3.05, 3.63) is 35.4 Å². The second kappa shape index (κ2) is 5.31. The van der Waals surface area contributed by atoms with Crippen LogP contribution in [0.1, 0.15) is 24.0 Å². The fourth-order valence-electron chi connectivity index (χ4n) is 3.22. The summed E-state index contributed by atoms with van der Waals surface area (Å²) in [4.78, 5) is 14.1. The SMILES string of the molecule is O=C1NCC2C1CCCN2Cc1ccc(CO)cc1. The quantitative estimate of drug-likeness (QED) is 0.848. The van der Waals surface area contributed by atoms with E-state index in [9.17, 15) is 4.79 Å². The van der Waals surface area contributed by atoms with Gasteiger partial charge in [-0.3, -0.25) is 9.69 Å². The molecule has 2 heterocycles. The van der Waals surface area contributed by atoms with Gasteiger partial charge in [0.05, 0.1) is 12.5 Å². The summed E-state index contributed by atoms with van der Waals surface area (Å²) in [7, 11) is 0. The van der Waals surface area contributed by atoms with Crippen molar-refractivity contribution in [1.29, 1.82) is 0 Å². The van der Waals surface area contributed by atoms with Crippen molar-refractivity contribution < 1.29 is 9.90 Å². The Morgan fingerprint density at radius 3 is 2.74 bits per heavy atom. The summed E-state index contributed by atoms with van der Waals surface area (Å²) in [6, 6.07) is 8.43. The summed E-state index contributed by atoms with van der Waals surface area (Å²) in [6.45, 7) is 2.84. The van der Waals surface area contributed by atoms with E-state index < -0.39 is 0 Å². The number of carbonyl (C=O) groups is 1. The summed E-state index contributed by atoms with van der Waals surface area (Å²) in [6.07, 6.45) is 2.12. The highest BCUT2D eigenvalue weighted by atomic mass is 16.3. The number of nitrogens with zero attached hydrogens (tertiary/aromatic N) is 1. The minimum atomic E-state index is 0.0904. The molecule has 4 heteroatoms. The summed E-state index contributed by atoms with van der Waals surface area (Å²) in [5, 5.41) is 12.0. The molecular weight excluding hydrogens is 240 g/mol. The van der Waals surface area contributed by atoms with Crippen molar-refractivity contribution in [1.82, 2.24) is 10.2 Å². The minimum Gasteiger partial charge on any atom is -0.392 e. The molecule has 3 rings (SSSR count). The Hall–Kier alpha value is -1.39. The van der Waals surface area contributed by atoms with Crippen LogP contribution in [0.4, 0.5) is 0 Å². The normalized spacial score (nSPS) is 27.1. The predicted octanol–water partition coefficient (Wildman–Crippen LogP) is 0.889. The third-order valence-electron chi connectivity index (χ3n) is 4.31. The molecule has 102 valence electrons. The van der Waals surface area contributed by atoms with Gasteiger partial charge in [0.2, 0.25) is 5.91 Å². The maximum absolute atomic E-state index is 11.7. The van der Waals surface area contributed by atoms with Gasteiger partial charge in [0.25, 0.3) is 0 Å². The molecule has 2 aliphatic heterocycles. The first kappa shape index (κ1) is 12.6. The molecule has 2 atom stereocenters. The number of hydrogen-bond acceptors (Lipinski definition) is 3. The van der Waals surface area contributed by atoms with Crippen LogP contribution >= 0.6 is 0 Å². The second-order valence-corrected chi connectivity index (χ2v) is 5.51. The molecule has 0 aromatic heterocycles. The van der Waals surface area contributed by atoms with Crippen LogP contribution in [-0.2, 0) is 17.9 Å². The Labute approximate surface area is 113 Å². The molecular formula is C15H20N2O2. The maximum atomic E-state index is 11.7. The van der Waals surface area contributed by atoms with Crippen molar-refractivity contribution in [3.63, 3.8) is 0 Å². The Bertz CT molecular complexity index is 458. The first-order chi connectivity index (χ1) is 9.28. The number of fused-ring (bicyclic) bond motifs is 1. The van der Waals surface area contributed by atoms with Crippen LogP contribution in [-0.4, -0.2) is 35.0 Å². The summed E-state index contributed by atoms with van der Waals surface area (Å²) in [5.41, 5.74) is 2.19. The summed E-state index contributed by atoms with van der Waals surface area (Å²) in [5.74, 6) is 0.413. The average molecular weight is 260 g/mol. The molecule has 0 radical (unpaired) electrons. The van der Waals surface area contributed by atoms with E-state index in [1.807, 2.05) is 12.1 Å². The molecule has 1 aromatic rings. The minimum absolute atomic E-state index is 0.0904. The number of aliphatic hydroxyl groups is 1. The lowest BCUT2D eigenvalue weighted by Crippen LogP contribution is -2.44. The van der Waals surface area contributed by atoms with E-state index in [-0.39, 0.29) is 18.4 Å². The molecule has 0 spiro atoms. The molecule has 2 N–H and O–H groups in total. The number of nitrogens with one attached hydrogen (secondary N) is 1. The standard InChI is InChI=1S/C15H20N2O2/c18-10-12-5-3-11(4-6-12)9-17-7-1-2-13-14(17)8-16-15(13)19/h3-6,13-14,18H,1-2,7-10H2,(H,16,19). The van der Waals surface area contributed by atoms with Crippen LogP contribution in [0.5, 0.6) is 0 Å². The van der Waals surface area contributed by atoms with Gasteiger partial charge in [-0.25, -0.2) is 0 Å². The van der Waals surface area contributed by atoms with Crippen molar-refractivity contribution in [2.75, 3.05) is 13.1 Å². The molecule has 2 unspecified atom stereocenters. The zero-order valence-corrected chi connectivity index (χ0v) is 11.0. The van der Waals surface area contributed by atoms with Gasteiger partial charge in [0.1, 0.15) is 0 Å². The van der Waals surface area contributed by atoms with Crippen LogP contribution in [0, 0.1) is 5.92 Å². The largest absolute Gasteiger partial charge is 0.392 e. The molecule has 2 fully saturated rings. The number of hydrogen-bond donors (Lipinski definition) is 2. The Balaban J connectivity index is 1.69. The number of rotatable bonds is 3. The Morgan fingerprint density at radius 1 is 1.26 bits per heavy atom. The van der Waals surface area contributed by atoms with Gasteiger partial charge in [-0.2, -0.15) is 0 Å². The van der Waals surface area contributed by atoms with Crippen molar-refractivity contribution in [2.45, 2.75) is 32.0 Å². The molecule has 2 saturated heterocycles. The van der Waals surface area contributed by atoms with E-state index in [4.69, 9.17) is 5.11 Å². The fraction of sp³-hybridized carbons (Fsp3) is 0.533. The van der Waals surface area contributed by atoms with Crippen LogP contribution in [0.3, 0.4) is 0 Å². The maximum Gasteiger partial charge on any atom is 0.224 e. The number of likely N-dealkylation sites (tertiary alicyclic amines) is 1. The molecule has 0 saturated carbocycles. The zero-order valence-electron chi connectivity index (χ0n) is 11.0. The van der Waals surface area contributed by atoms with E-state index in [1.54, 1.807) is 0 Å². The van der Waals surface area contributed by atoms with Crippen LogP contribution in [0.2, 0.25) is 0 Å². The Kier molecular flexibility index (Phi) is 3.53. The topological polar surface area (TPSA) is 52.6 Å². The van der Waals surface area contributed by atoms with E-state index >= 15 is 0 Å². The van der Waals surface area contributed by atoms with Gasteiger partial charge in [-0.1, -0.05) is 24.3 Å². The smallest absolute Gasteiger partial charge is 0.224 e. The van der Waals surface area contributed by atoms with Gasteiger partial charge < -0.3 is 10.4 Å². The van der Waals surface area contributed by atoms with Crippen molar-refractivity contribution in [3.8, 4) is 0 Å². The molecule has 0 aliphatic carbocycles. The van der Waals surface area contributed by atoms with Crippen LogP contribution in [0.15, 0.2) is 24.3 Å². The van der Waals surface area contributed by atoms with Crippen molar-refractivity contribution >= 4 is 5.91 Å². The third-order valence-corrected chi connectivity index (χ3v) is 4.31. The molecule has 4 nitrogen and oxygen atoms in total. The highest BCUT2D eigenvalue weighted by Crippen LogP contribution is 2.28. The fourth-order valence-corrected chi connectivity index (χ4v) is 3.22. The number of carbonyl (C=O) groups excluding carboxylic acids is 1. The van der Waals surface area contributed by atoms with Gasteiger partial charge >= 0.3 is 0 Å². The first-order valence-corrected chi connectivity index (χ1v) is 6.98. The number of amides is 1.